The lowest BCUT2D eigenvalue weighted by Crippen LogP contribution is -2.17. The van der Waals surface area contributed by atoms with Crippen LogP contribution >= 0.6 is 0 Å². The molecule has 1 aliphatic heterocycles. The van der Waals surface area contributed by atoms with Crippen LogP contribution in [0.2, 0.25) is 0 Å². The number of hydrogen-bond acceptors (Lipinski definition) is 4. The van der Waals surface area contributed by atoms with Crippen molar-refractivity contribution in [2.45, 2.75) is 6.42 Å². The minimum absolute atomic E-state index is 0.00352. The third-order valence-corrected chi connectivity index (χ3v) is 5.02. The molecular weight excluding hydrogens is 292 g/mol. The molecule has 1 saturated heterocycles. The van der Waals surface area contributed by atoms with Gasteiger partial charge in [0.25, 0.3) is 0 Å². The normalized spacial score (nSPS) is 20.8. The van der Waals surface area contributed by atoms with Crippen LogP contribution in [-0.4, -0.2) is 37.5 Å². The van der Waals surface area contributed by atoms with Crippen LogP contribution < -0.4 is 5.32 Å². The fourth-order valence-electron chi connectivity index (χ4n) is 2.14. The summed E-state index contributed by atoms with van der Waals surface area (Å²) in [6.07, 6.45) is 0.450. The highest BCUT2D eigenvalue weighted by atomic mass is 32.2. The highest BCUT2D eigenvalue weighted by Gasteiger charge is 2.28. The quantitative estimate of drug-likeness (QED) is 0.881. The molecule has 1 aromatic rings. The molecule has 1 unspecified atom stereocenters. The second-order valence-corrected chi connectivity index (χ2v) is 7.00. The molecule has 0 bridgehead atoms. The van der Waals surface area contributed by atoms with Gasteiger partial charge in [0.1, 0.15) is 17.3 Å². The monoisotopic (exact) mass is 305 g/mol. The highest BCUT2D eigenvalue weighted by molar-refractivity contribution is 7.91. The summed E-state index contributed by atoms with van der Waals surface area (Å²) in [5.74, 6) is -3.56. The van der Waals surface area contributed by atoms with Gasteiger partial charge in [-0.1, -0.05) is 0 Å². The third-order valence-electron chi connectivity index (χ3n) is 3.18. The van der Waals surface area contributed by atoms with Crippen molar-refractivity contribution in [3.8, 4) is 0 Å². The Hall–Kier alpha value is -1.70. The predicted octanol–water partition coefficient (Wildman–Crippen LogP) is 1.51. The maximum atomic E-state index is 13.6. The van der Waals surface area contributed by atoms with Crippen molar-refractivity contribution in [1.82, 2.24) is 0 Å². The van der Waals surface area contributed by atoms with E-state index in [9.17, 15) is 22.0 Å². The lowest BCUT2D eigenvalue weighted by molar-refractivity contribution is 0.0695. The predicted molar refractivity (Wildman–Crippen MR) is 68.6 cm³/mol. The maximum Gasteiger partial charge on any atom is 0.335 e. The summed E-state index contributed by atoms with van der Waals surface area (Å²) in [7, 11) is -3.04. The molecule has 5 nitrogen and oxygen atoms in total. The van der Waals surface area contributed by atoms with Gasteiger partial charge in [-0.05, 0) is 24.5 Å². The van der Waals surface area contributed by atoms with Crippen molar-refractivity contribution in [2.75, 3.05) is 23.4 Å². The summed E-state index contributed by atoms with van der Waals surface area (Å²) in [6.45, 7) is 0.124. The number of carboxylic acid groups (broad SMARTS) is 1. The Morgan fingerprint density at radius 1 is 1.35 bits per heavy atom. The molecular formula is C12H13F2NO4S. The fraction of sp³-hybridized carbons (Fsp3) is 0.417. The second kappa shape index (κ2) is 5.35. The smallest absolute Gasteiger partial charge is 0.335 e. The molecule has 0 saturated carbocycles. The molecule has 1 aromatic carbocycles. The summed E-state index contributed by atoms with van der Waals surface area (Å²) in [4.78, 5) is 10.6. The van der Waals surface area contributed by atoms with Crippen molar-refractivity contribution in [1.29, 1.82) is 0 Å². The van der Waals surface area contributed by atoms with E-state index < -0.39 is 38.7 Å². The second-order valence-electron chi connectivity index (χ2n) is 4.77. The van der Waals surface area contributed by atoms with Gasteiger partial charge in [0.15, 0.2) is 9.84 Å². The Bertz CT molecular complexity index is 622. The molecule has 2 N–H and O–H groups in total. The van der Waals surface area contributed by atoms with E-state index in [4.69, 9.17) is 5.11 Å². The largest absolute Gasteiger partial charge is 0.478 e. The van der Waals surface area contributed by atoms with Gasteiger partial charge in [-0.2, -0.15) is 0 Å². The van der Waals surface area contributed by atoms with Crippen LogP contribution in [-0.2, 0) is 9.84 Å². The number of hydrogen-bond donors (Lipinski definition) is 2. The molecule has 0 aliphatic carbocycles. The number of carboxylic acids is 1. The molecule has 1 aliphatic rings. The van der Waals surface area contributed by atoms with E-state index in [0.717, 1.165) is 12.1 Å². The first-order valence-corrected chi connectivity index (χ1v) is 7.77. The van der Waals surface area contributed by atoms with Crippen LogP contribution in [0.5, 0.6) is 0 Å². The zero-order chi connectivity index (χ0) is 14.9. The molecule has 8 heteroatoms. The number of aromatic carboxylic acids is 1. The van der Waals surface area contributed by atoms with E-state index in [1.54, 1.807) is 0 Å². The molecule has 0 spiro atoms. The number of halogens is 2. The number of carbonyl (C=O) groups is 1. The first kappa shape index (κ1) is 14.7. The first-order valence-electron chi connectivity index (χ1n) is 5.95. The van der Waals surface area contributed by atoms with Crippen molar-refractivity contribution in [2.24, 2.45) is 5.92 Å². The summed E-state index contributed by atoms with van der Waals surface area (Å²) in [5.41, 5.74) is -0.909. The Kier molecular flexibility index (Phi) is 3.94. The molecule has 1 heterocycles. The van der Waals surface area contributed by atoms with E-state index in [1.165, 1.54) is 0 Å². The van der Waals surface area contributed by atoms with E-state index >= 15 is 0 Å². The van der Waals surface area contributed by atoms with Crippen LogP contribution in [0.3, 0.4) is 0 Å². The molecule has 0 radical (unpaired) electrons. The van der Waals surface area contributed by atoms with Gasteiger partial charge >= 0.3 is 5.97 Å². The van der Waals surface area contributed by atoms with Crippen molar-refractivity contribution in [3.05, 3.63) is 29.3 Å². The third kappa shape index (κ3) is 3.24. The Labute approximate surface area is 114 Å². The van der Waals surface area contributed by atoms with E-state index in [0.29, 0.717) is 6.42 Å². The summed E-state index contributed by atoms with van der Waals surface area (Å²) >= 11 is 0. The first-order chi connectivity index (χ1) is 9.28. The number of benzene rings is 1. The summed E-state index contributed by atoms with van der Waals surface area (Å²) < 4.78 is 49.8. The van der Waals surface area contributed by atoms with Crippen molar-refractivity contribution < 1.29 is 27.1 Å². The summed E-state index contributed by atoms with van der Waals surface area (Å²) in [5, 5.41) is 11.2. The van der Waals surface area contributed by atoms with Gasteiger partial charge in [-0.25, -0.2) is 22.0 Å². The molecule has 0 aromatic heterocycles. The Morgan fingerprint density at radius 3 is 2.40 bits per heavy atom. The van der Waals surface area contributed by atoms with E-state index in [-0.39, 0.29) is 24.0 Å². The molecule has 20 heavy (non-hydrogen) atoms. The highest BCUT2D eigenvalue weighted by Crippen LogP contribution is 2.23. The van der Waals surface area contributed by atoms with E-state index in [2.05, 4.69) is 5.32 Å². The van der Waals surface area contributed by atoms with Gasteiger partial charge in [0, 0.05) is 6.54 Å². The van der Waals surface area contributed by atoms with Gasteiger partial charge in [0.2, 0.25) is 0 Å². The zero-order valence-electron chi connectivity index (χ0n) is 10.4. The van der Waals surface area contributed by atoms with Gasteiger partial charge in [-0.3, -0.25) is 0 Å². The summed E-state index contributed by atoms with van der Waals surface area (Å²) in [6, 6.07) is 1.44. The molecule has 2 rings (SSSR count). The maximum absolute atomic E-state index is 13.6. The molecule has 1 fully saturated rings. The minimum Gasteiger partial charge on any atom is -0.478 e. The van der Waals surface area contributed by atoms with Crippen molar-refractivity contribution >= 4 is 21.5 Å². The number of anilines is 1. The van der Waals surface area contributed by atoms with Crippen LogP contribution in [0.4, 0.5) is 14.5 Å². The Balaban J connectivity index is 2.09. The minimum atomic E-state index is -3.04. The molecule has 110 valence electrons. The lowest BCUT2D eigenvalue weighted by atomic mass is 10.1. The molecule has 1 atom stereocenters. The Morgan fingerprint density at radius 2 is 1.95 bits per heavy atom. The standard InChI is InChI=1S/C12H13F2NO4S/c13-9-3-8(12(16)17)4-10(14)11(9)15-5-7-1-2-20(18,19)6-7/h3-4,7,15H,1-2,5-6H2,(H,16,17). The van der Waals surface area contributed by atoms with Crippen LogP contribution in [0.15, 0.2) is 12.1 Å². The van der Waals surface area contributed by atoms with Crippen LogP contribution in [0, 0.1) is 17.6 Å². The number of nitrogens with one attached hydrogen (secondary N) is 1. The fourth-order valence-corrected chi connectivity index (χ4v) is 4.01. The molecule has 0 amide bonds. The van der Waals surface area contributed by atoms with Gasteiger partial charge < -0.3 is 10.4 Å². The van der Waals surface area contributed by atoms with E-state index in [1.807, 2.05) is 0 Å². The van der Waals surface area contributed by atoms with Crippen LogP contribution in [0.25, 0.3) is 0 Å². The average molecular weight is 305 g/mol. The number of rotatable bonds is 4. The zero-order valence-corrected chi connectivity index (χ0v) is 11.2. The van der Waals surface area contributed by atoms with Crippen LogP contribution in [0.1, 0.15) is 16.8 Å². The SMILES string of the molecule is O=C(O)c1cc(F)c(NCC2CCS(=O)(=O)C2)c(F)c1. The van der Waals surface area contributed by atoms with Gasteiger partial charge in [-0.15, -0.1) is 0 Å². The van der Waals surface area contributed by atoms with Gasteiger partial charge in [0.05, 0.1) is 17.1 Å². The number of sulfone groups is 1. The average Bonchev–Trinajstić information content (AvgIpc) is 2.67. The lowest BCUT2D eigenvalue weighted by Gasteiger charge is -2.12. The van der Waals surface area contributed by atoms with Crippen molar-refractivity contribution in [3.63, 3.8) is 0 Å². The topological polar surface area (TPSA) is 83.5 Å².